The number of hydrogen-bond donors (Lipinski definition) is 0. The molecule has 0 amide bonds. The molecule has 0 bridgehead atoms. The fourth-order valence-electron chi connectivity index (χ4n) is 1.68. The van der Waals surface area contributed by atoms with Crippen LogP contribution in [-0.4, -0.2) is 20.2 Å². The van der Waals surface area contributed by atoms with E-state index in [0.717, 1.165) is 6.54 Å². The van der Waals surface area contributed by atoms with Gasteiger partial charge in [0, 0.05) is 0 Å². The maximum Gasteiger partial charge on any atom is 0.162 e. The second-order valence-electron chi connectivity index (χ2n) is 4.01. The summed E-state index contributed by atoms with van der Waals surface area (Å²) in [4.78, 5) is 1.66. The number of nitrogens with zero attached hydrogens (tertiary/aromatic N) is 4. The van der Waals surface area contributed by atoms with Gasteiger partial charge in [-0.25, -0.2) is 0 Å². The van der Waals surface area contributed by atoms with Crippen LogP contribution in [0.3, 0.4) is 0 Å². The SMILES string of the molecule is CCCCCCCCCCn1ncnn1. The molecule has 0 aromatic carbocycles. The van der Waals surface area contributed by atoms with Gasteiger partial charge in [0.1, 0.15) is 0 Å². The molecule has 0 aliphatic rings. The summed E-state index contributed by atoms with van der Waals surface area (Å²) >= 11 is 0. The molecule has 86 valence electrons. The number of hydrogen-bond acceptors (Lipinski definition) is 3. The van der Waals surface area contributed by atoms with E-state index < -0.39 is 0 Å². The summed E-state index contributed by atoms with van der Waals surface area (Å²) in [6.07, 6.45) is 12.2. The van der Waals surface area contributed by atoms with Crippen molar-refractivity contribution in [3.05, 3.63) is 6.33 Å². The number of rotatable bonds is 9. The van der Waals surface area contributed by atoms with E-state index in [-0.39, 0.29) is 0 Å². The molecule has 1 rings (SSSR count). The Labute approximate surface area is 92.1 Å². The largest absolute Gasteiger partial charge is 0.164 e. The summed E-state index contributed by atoms with van der Waals surface area (Å²) in [7, 11) is 0. The van der Waals surface area contributed by atoms with E-state index in [0.29, 0.717) is 0 Å². The van der Waals surface area contributed by atoms with Crippen LogP contribution in [0.1, 0.15) is 58.3 Å². The highest BCUT2D eigenvalue weighted by molar-refractivity contribution is 4.46. The zero-order valence-electron chi connectivity index (χ0n) is 9.73. The highest BCUT2D eigenvalue weighted by Gasteiger charge is 1.94. The Hall–Kier alpha value is -0.930. The molecular weight excluding hydrogens is 188 g/mol. The smallest absolute Gasteiger partial charge is 0.162 e. The van der Waals surface area contributed by atoms with Gasteiger partial charge >= 0.3 is 0 Å². The van der Waals surface area contributed by atoms with Crippen molar-refractivity contribution in [3.63, 3.8) is 0 Å². The number of aromatic nitrogens is 4. The summed E-state index contributed by atoms with van der Waals surface area (Å²) < 4.78 is 0. The zero-order valence-corrected chi connectivity index (χ0v) is 9.73. The van der Waals surface area contributed by atoms with Crippen molar-refractivity contribution in [3.8, 4) is 0 Å². The molecule has 0 N–H and O–H groups in total. The molecular formula is C11H22N4. The predicted octanol–water partition coefficient (Wildman–Crippen LogP) is 2.81. The van der Waals surface area contributed by atoms with Crippen molar-refractivity contribution in [2.45, 2.75) is 64.8 Å². The van der Waals surface area contributed by atoms with Crippen molar-refractivity contribution >= 4 is 0 Å². The number of tetrazole rings is 1. The lowest BCUT2D eigenvalue weighted by Gasteiger charge is -2.00. The summed E-state index contributed by atoms with van der Waals surface area (Å²) in [6, 6.07) is 0. The molecule has 0 radical (unpaired) electrons. The first-order valence-corrected chi connectivity index (χ1v) is 6.14. The molecule has 4 nitrogen and oxygen atoms in total. The number of unbranched alkanes of at least 4 members (excludes halogenated alkanes) is 7. The minimum absolute atomic E-state index is 0.912. The van der Waals surface area contributed by atoms with Gasteiger partial charge < -0.3 is 0 Å². The topological polar surface area (TPSA) is 43.6 Å². The third-order valence-corrected chi connectivity index (χ3v) is 2.60. The van der Waals surface area contributed by atoms with E-state index >= 15 is 0 Å². The molecule has 1 heterocycles. The molecule has 4 heteroatoms. The Kier molecular flexibility index (Phi) is 6.79. The quantitative estimate of drug-likeness (QED) is 0.589. The third-order valence-electron chi connectivity index (χ3n) is 2.60. The highest BCUT2D eigenvalue weighted by Crippen LogP contribution is 2.08. The lowest BCUT2D eigenvalue weighted by atomic mass is 10.1. The van der Waals surface area contributed by atoms with E-state index in [1.807, 2.05) is 0 Å². The van der Waals surface area contributed by atoms with Crippen molar-refractivity contribution in [1.29, 1.82) is 0 Å². The van der Waals surface area contributed by atoms with E-state index in [2.05, 4.69) is 22.3 Å². The average Bonchev–Trinajstić information content (AvgIpc) is 2.75. The van der Waals surface area contributed by atoms with Crippen LogP contribution in [0.5, 0.6) is 0 Å². The summed E-state index contributed by atoms with van der Waals surface area (Å²) in [6.45, 7) is 3.17. The van der Waals surface area contributed by atoms with Crippen LogP contribution in [-0.2, 0) is 6.54 Å². The second kappa shape index (κ2) is 8.38. The molecule has 0 aliphatic carbocycles. The summed E-state index contributed by atoms with van der Waals surface area (Å²) in [5, 5.41) is 11.5. The van der Waals surface area contributed by atoms with Gasteiger partial charge in [0.15, 0.2) is 6.33 Å². The molecule has 0 fully saturated rings. The molecule has 0 aliphatic heterocycles. The van der Waals surface area contributed by atoms with Crippen LogP contribution in [0.15, 0.2) is 6.33 Å². The van der Waals surface area contributed by atoms with Gasteiger partial charge in [0.05, 0.1) is 6.54 Å². The van der Waals surface area contributed by atoms with E-state index in [9.17, 15) is 0 Å². The Balaban J connectivity index is 1.81. The van der Waals surface area contributed by atoms with Gasteiger partial charge in [-0.05, 0) is 11.6 Å². The van der Waals surface area contributed by atoms with Gasteiger partial charge in [0.2, 0.25) is 0 Å². The monoisotopic (exact) mass is 210 g/mol. The van der Waals surface area contributed by atoms with Crippen LogP contribution in [0.2, 0.25) is 0 Å². The molecule has 0 unspecified atom stereocenters. The van der Waals surface area contributed by atoms with Crippen LogP contribution < -0.4 is 0 Å². The first-order valence-electron chi connectivity index (χ1n) is 6.14. The Morgan fingerprint density at radius 1 is 0.933 bits per heavy atom. The molecule has 0 saturated heterocycles. The Morgan fingerprint density at radius 3 is 2.20 bits per heavy atom. The van der Waals surface area contributed by atoms with Crippen LogP contribution >= 0.6 is 0 Å². The molecule has 0 spiro atoms. The Morgan fingerprint density at radius 2 is 1.60 bits per heavy atom. The van der Waals surface area contributed by atoms with Crippen molar-refractivity contribution < 1.29 is 0 Å². The molecule has 1 aromatic heterocycles. The van der Waals surface area contributed by atoms with Crippen LogP contribution in [0, 0.1) is 0 Å². The zero-order chi connectivity index (χ0) is 10.8. The maximum absolute atomic E-state index is 3.97. The van der Waals surface area contributed by atoms with Gasteiger partial charge in [-0.1, -0.05) is 51.9 Å². The molecule has 0 saturated carbocycles. The normalized spacial score (nSPS) is 10.7. The van der Waals surface area contributed by atoms with Gasteiger partial charge in [-0.3, -0.25) is 0 Å². The first-order chi connectivity index (χ1) is 7.43. The molecule has 15 heavy (non-hydrogen) atoms. The summed E-state index contributed by atoms with van der Waals surface area (Å²) in [5.41, 5.74) is 0. The van der Waals surface area contributed by atoms with Crippen LogP contribution in [0.25, 0.3) is 0 Å². The van der Waals surface area contributed by atoms with Gasteiger partial charge in [0.25, 0.3) is 0 Å². The van der Waals surface area contributed by atoms with E-state index in [1.165, 1.54) is 57.7 Å². The molecule has 1 aromatic rings. The third kappa shape index (κ3) is 6.20. The minimum Gasteiger partial charge on any atom is -0.164 e. The van der Waals surface area contributed by atoms with E-state index in [1.54, 1.807) is 4.80 Å². The van der Waals surface area contributed by atoms with Crippen LogP contribution in [0.4, 0.5) is 0 Å². The first kappa shape index (κ1) is 12.1. The summed E-state index contributed by atoms with van der Waals surface area (Å²) in [5.74, 6) is 0. The lowest BCUT2D eigenvalue weighted by molar-refractivity contribution is 0.472. The van der Waals surface area contributed by atoms with Gasteiger partial charge in [-0.2, -0.15) is 4.80 Å². The predicted molar refractivity (Wildman–Crippen MR) is 60.4 cm³/mol. The lowest BCUT2D eigenvalue weighted by Crippen LogP contribution is -2.02. The van der Waals surface area contributed by atoms with E-state index in [4.69, 9.17) is 0 Å². The number of aryl methyl sites for hydroxylation is 1. The molecule has 0 atom stereocenters. The Bertz CT molecular complexity index is 221. The van der Waals surface area contributed by atoms with Crippen molar-refractivity contribution in [2.24, 2.45) is 0 Å². The second-order valence-corrected chi connectivity index (χ2v) is 4.01. The van der Waals surface area contributed by atoms with Crippen molar-refractivity contribution in [1.82, 2.24) is 20.2 Å². The van der Waals surface area contributed by atoms with Crippen molar-refractivity contribution in [2.75, 3.05) is 0 Å². The standard InChI is InChI=1S/C11H22N4/c1-2-3-4-5-6-7-8-9-10-15-13-11-12-14-15/h11H,2-10H2,1H3. The average molecular weight is 210 g/mol. The maximum atomic E-state index is 3.97. The minimum atomic E-state index is 0.912. The fourth-order valence-corrected chi connectivity index (χ4v) is 1.68. The highest BCUT2D eigenvalue weighted by atomic mass is 15.6. The fraction of sp³-hybridized carbons (Fsp3) is 0.909. The van der Waals surface area contributed by atoms with Gasteiger partial charge in [-0.15, -0.1) is 10.2 Å².